The summed E-state index contributed by atoms with van der Waals surface area (Å²) in [5, 5.41) is 10.0. The minimum absolute atomic E-state index is 0.149. The van der Waals surface area contributed by atoms with Crippen LogP contribution in [0.4, 0.5) is 10.2 Å². The summed E-state index contributed by atoms with van der Waals surface area (Å²) in [5.74, 6) is -0.290. The number of nitrogens with one attached hydrogen (secondary N) is 2. The van der Waals surface area contributed by atoms with Gasteiger partial charge in [0, 0.05) is 28.6 Å². The fourth-order valence-electron chi connectivity index (χ4n) is 2.48. The molecule has 1 atom stereocenters. The molecule has 2 N–H and O–H groups in total. The number of H-pyrrole nitrogens is 1. The zero-order valence-electron chi connectivity index (χ0n) is 10.1. The van der Waals surface area contributed by atoms with Gasteiger partial charge in [0.05, 0.1) is 0 Å². The number of fused-ring (bicyclic) bond motifs is 1. The second kappa shape index (κ2) is 4.35. The third kappa shape index (κ3) is 2.00. The van der Waals surface area contributed by atoms with Gasteiger partial charge in [-0.25, -0.2) is 4.39 Å². The number of hydrogen-bond donors (Lipinski definition) is 2. The molecule has 3 rings (SSSR count). The predicted molar refractivity (Wildman–Crippen MR) is 69.8 cm³/mol. The van der Waals surface area contributed by atoms with E-state index < -0.39 is 0 Å². The van der Waals surface area contributed by atoms with Crippen LogP contribution in [0, 0.1) is 12.7 Å². The first-order valence-corrected chi connectivity index (χ1v) is 6.23. The molecular formula is C13H11ClFN3O. The molecule has 19 heavy (non-hydrogen) atoms. The van der Waals surface area contributed by atoms with E-state index in [1.54, 1.807) is 0 Å². The van der Waals surface area contributed by atoms with Crippen LogP contribution in [0.5, 0.6) is 0 Å². The minimum Gasteiger partial charge on any atom is -0.309 e. The highest BCUT2D eigenvalue weighted by Crippen LogP contribution is 2.40. The first-order valence-electron chi connectivity index (χ1n) is 5.86. The van der Waals surface area contributed by atoms with Gasteiger partial charge < -0.3 is 5.32 Å². The van der Waals surface area contributed by atoms with Gasteiger partial charge in [-0.05, 0) is 30.7 Å². The van der Waals surface area contributed by atoms with Gasteiger partial charge in [0.25, 0.3) is 0 Å². The second-order valence-corrected chi connectivity index (χ2v) is 4.99. The Bertz CT molecular complexity index is 668. The summed E-state index contributed by atoms with van der Waals surface area (Å²) in [7, 11) is 0. The summed E-state index contributed by atoms with van der Waals surface area (Å²) >= 11 is 6.13. The zero-order chi connectivity index (χ0) is 13.6. The predicted octanol–water partition coefficient (Wildman–Crippen LogP) is 2.98. The average molecular weight is 280 g/mol. The molecule has 0 bridgehead atoms. The van der Waals surface area contributed by atoms with Crippen LogP contribution < -0.4 is 5.32 Å². The fraction of sp³-hybridized carbons (Fsp3) is 0.231. The van der Waals surface area contributed by atoms with Crippen LogP contribution in [0.3, 0.4) is 0 Å². The van der Waals surface area contributed by atoms with E-state index in [9.17, 15) is 9.18 Å². The van der Waals surface area contributed by atoms with Gasteiger partial charge in [0.15, 0.2) is 5.82 Å². The number of aromatic amines is 1. The summed E-state index contributed by atoms with van der Waals surface area (Å²) in [6.45, 7) is 1.86. The first kappa shape index (κ1) is 12.2. The molecular weight excluding hydrogens is 269 g/mol. The van der Waals surface area contributed by atoms with Crippen LogP contribution in [-0.2, 0) is 4.79 Å². The molecule has 2 heterocycles. The largest absolute Gasteiger partial charge is 0.309 e. The lowest BCUT2D eigenvalue weighted by molar-refractivity contribution is -0.116. The van der Waals surface area contributed by atoms with E-state index in [4.69, 9.17) is 11.6 Å². The lowest BCUT2D eigenvalue weighted by atomic mass is 9.86. The number of benzene rings is 1. The molecule has 4 nitrogen and oxygen atoms in total. The quantitative estimate of drug-likeness (QED) is 0.843. The third-order valence-corrected chi connectivity index (χ3v) is 3.67. The van der Waals surface area contributed by atoms with Crippen molar-refractivity contribution in [2.45, 2.75) is 19.3 Å². The minimum atomic E-state index is -0.368. The summed E-state index contributed by atoms with van der Waals surface area (Å²) in [6, 6.07) is 4.19. The average Bonchev–Trinajstić information content (AvgIpc) is 2.73. The Morgan fingerprint density at radius 2 is 2.26 bits per heavy atom. The highest BCUT2D eigenvalue weighted by Gasteiger charge is 2.31. The topological polar surface area (TPSA) is 57.8 Å². The first-order chi connectivity index (χ1) is 9.06. The molecule has 0 fully saturated rings. The molecule has 98 valence electrons. The van der Waals surface area contributed by atoms with Crippen molar-refractivity contribution in [3.63, 3.8) is 0 Å². The van der Waals surface area contributed by atoms with Crippen molar-refractivity contribution in [2.75, 3.05) is 5.32 Å². The van der Waals surface area contributed by atoms with Crippen molar-refractivity contribution >= 4 is 23.3 Å². The number of hydrogen-bond acceptors (Lipinski definition) is 2. The van der Waals surface area contributed by atoms with Gasteiger partial charge in [-0.1, -0.05) is 11.6 Å². The molecule has 1 aromatic carbocycles. The molecule has 1 aliphatic rings. The lowest BCUT2D eigenvalue weighted by Gasteiger charge is -2.23. The molecule has 1 amide bonds. The maximum absolute atomic E-state index is 13.4. The van der Waals surface area contributed by atoms with Crippen LogP contribution in [0.15, 0.2) is 18.2 Å². The molecule has 6 heteroatoms. The van der Waals surface area contributed by atoms with Gasteiger partial charge in [0.1, 0.15) is 5.82 Å². The van der Waals surface area contributed by atoms with Gasteiger partial charge in [0.2, 0.25) is 5.91 Å². The molecule has 0 radical (unpaired) electrons. The van der Waals surface area contributed by atoms with Crippen molar-refractivity contribution in [2.24, 2.45) is 0 Å². The van der Waals surface area contributed by atoms with Crippen molar-refractivity contribution in [1.82, 2.24) is 10.2 Å². The summed E-state index contributed by atoms with van der Waals surface area (Å²) in [4.78, 5) is 11.7. The number of anilines is 1. The van der Waals surface area contributed by atoms with Crippen molar-refractivity contribution < 1.29 is 9.18 Å². The monoisotopic (exact) mass is 279 g/mol. The van der Waals surface area contributed by atoms with Gasteiger partial charge in [-0.15, -0.1) is 0 Å². The number of amides is 1. The number of aromatic nitrogens is 2. The second-order valence-electron chi connectivity index (χ2n) is 4.58. The maximum Gasteiger partial charge on any atom is 0.226 e. The highest BCUT2D eigenvalue weighted by atomic mass is 35.5. The number of carbonyl (C=O) groups is 1. The van der Waals surface area contributed by atoms with E-state index in [0.717, 1.165) is 11.3 Å². The van der Waals surface area contributed by atoms with E-state index in [1.807, 2.05) is 6.92 Å². The Kier molecular flexibility index (Phi) is 2.78. The smallest absolute Gasteiger partial charge is 0.226 e. The number of aryl methyl sites for hydroxylation is 1. The van der Waals surface area contributed by atoms with E-state index in [0.29, 0.717) is 16.4 Å². The number of halogens is 2. The van der Waals surface area contributed by atoms with Gasteiger partial charge >= 0.3 is 0 Å². The van der Waals surface area contributed by atoms with Crippen LogP contribution in [-0.4, -0.2) is 16.1 Å². The summed E-state index contributed by atoms with van der Waals surface area (Å²) in [6.07, 6.45) is 0.233. The molecule has 1 unspecified atom stereocenters. The fourth-order valence-corrected chi connectivity index (χ4v) is 2.73. The zero-order valence-corrected chi connectivity index (χ0v) is 10.9. The Labute approximate surface area is 114 Å². The SMILES string of the molecule is Cc1[nH]nc2c1C(c1cc(F)ccc1Cl)CC(=O)N2. The van der Waals surface area contributed by atoms with E-state index in [2.05, 4.69) is 15.5 Å². The number of carbonyl (C=O) groups excluding carboxylic acids is 1. The Morgan fingerprint density at radius 1 is 1.47 bits per heavy atom. The Hall–Kier alpha value is -1.88. The molecule has 0 aliphatic carbocycles. The van der Waals surface area contributed by atoms with Crippen molar-refractivity contribution in [3.05, 3.63) is 45.9 Å². The molecule has 1 aliphatic heterocycles. The molecule has 0 spiro atoms. The standard InChI is InChI=1S/C13H11ClFN3O/c1-6-12-9(5-11(19)16-13(12)18-17-6)8-4-7(15)2-3-10(8)14/h2-4,9H,5H2,1H3,(H2,16,17,18,19). The molecule has 0 saturated carbocycles. The molecule has 0 saturated heterocycles. The molecule has 2 aromatic rings. The Balaban J connectivity index is 2.17. The van der Waals surface area contributed by atoms with Crippen LogP contribution in [0.1, 0.15) is 29.2 Å². The van der Waals surface area contributed by atoms with Gasteiger partial charge in [-0.2, -0.15) is 5.10 Å². The third-order valence-electron chi connectivity index (χ3n) is 3.32. The van der Waals surface area contributed by atoms with Crippen molar-refractivity contribution in [1.29, 1.82) is 0 Å². The Morgan fingerprint density at radius 3 is 3.05 bits per heavy atom. The van der Waals surface area contributed by atoms with Crippen LogP contribution in [0.25, 0.3) is 0 Å². The van der Waals surface area contributed by atoms with Crippen LogP contribution in [0.2, 0.25) is 5.02 Å². The van der Waals surface area contributed by atoms with E-state index in [-0.39, 0.29) is 24.1 Å². The number of nitrogens with zero attached hydrogens (tertiary/aromatic N) is 1. The normalized spacial score (nSPS) is 18.1. The summed E-state index contributed by atoms with van der Waals surface area (Å²) < 4.78 is 13.4. The van der Waals surface area contributed by atoms with E-state index in [1.165, 1.54) is 18.2 Å². The van der Waals surface area contributed by atoms with E-state index >= 15 is 0 Å². The summed E-state index contributed by atoms with van der Waals surface area (Å²) in [5.41, 5.74) is 2.33. The van der Waals surface area contributed by atoms with Crippen molar-refractivity contribution in [3.8, 4) is 0 Å². The van der Waals surface area contributed by atoms with Gasteiger partial charge in [-0.3, -0.25) is 9.89 Å². The number of rotatable bonds is 1. The highest BCUT2D eigenvalue weighted by molar-refractivity contribution is 6.31. The lowest BCUT2D eigenvalue weighted by Crippen LogP contribution is -2.23. The molecule has 1 aromatic heterocycles. The maximum atomic E-state index is 13.4. The van der Waals surface area contributed by atoms with Crippen LogP contribution >= 0.6 is 11.6 Å².